The Kier molecular flexibility index (Phi) is 4.91. The molecule has 3 aromatic rings. The number of sulfonamides is 1. The molecular formula is C17H23N5O2S. The van der Waals surface area contributed by atoms with E-state index in [4.69, 9.17) is 5.73 Å². The number of aryl methyl sites for hydroxylation is 2. The molecule has 3 N–H and O–H groups in total. The summed E-state index contributed by atoms with van der Waals surface area (Å²) in [5.41, 5.74) is 8.66. The van der Waals surface area contributed by atoms with Gasteiger partial charge in [0, 0.05) is 18.4 Å². The fraction of sp³-hybridized carbons (Fsp3) is 0.412. The number of nitrogen functional groups attached to an aromatic ring is 1. The molecule has 134 valence electrons. The van der Waals surface area contributed by atoms with E-state index in [1.54, 1.807) is 0 Å². The first-order valence-corrected chi connectivity index (χ1v) is 10.1. The molecule has 0 unspecified atom stereocenters. The third kappa shape index (κ3) is 3.45. The number of pyridine rings is 1. The number of para-hydroxylation sites is 1. The van der Waals surface area contributed by atoms with Crippen LogP contribution < -0.4 is 10.5 Å². The topological polar surface area (TPSA) is 103 Å². The van der Waals surface area contributed by atoms with Gasteiger partial charge in [0.25, 0.3) is 0 Å². The Morgan fingerprint density at radius 3 is 2.68 bits per heavy atom. The summed E-state index contributed by atoms with van der Waals surface area (Å²) in [7, 11) is -1.72. The molecule has 1 aromatic carbocycles. The molecule has 0 fully saturated rings. The third-order valence-electron chi connectivity index (χ3n) is 4.36. The van der Waals surface area contributed by atoms with Crippen LogP contribution in [0.5, 0.6) is 0 Å². The number of imidazole rings is 1. The van der Waals surface area contributed by atoms with Crippen molar-refractivity contribution in [2.24, 2.45) is 0 Å². The largest absolute Gasteiger partial charge is 0.382 e. The van der Waals surface area contributed by atoms with E-state index >= 15 is 0 Å². The summed E-state index contributed by atoms with van der Waals surface area (Å²) in [6, 6.07) is 7.87. The molecule has 0 aliphatic heterocycles. The molecule has 0 atom stereocenters. The van der Waals surface area contributed by atoms with Crippen LogP contribution in [-0.4, -0.2) is 35.8 Å². The Morgan fingerprint density at radius 2 is 1.96 bits per heavy atom. The molecule has 0 spiro atoms. The second-order valence-corrected chi connectivity index (χ2v) is 8.02. The highest BCUT2D eigenvalue weighted by Crippen LogP contribution is 2.29. The van der Waals surface area contributed by atoms with E-state index in [0.29, 0.717) is 18.8 Å². The van der Waals surface area contributed by atoms with Gasteiger partial charge in [-0.25, -0.2) is 23.1 Å². The average molecular weight is 361 g/mol. The van der Waals surface area contributed by atoms with Crippen LogP contribution in [0.25, 0.3) is 21.9 Å². The lowest BCUT2D eigenvalue weighted by molar-refractivity contribution is 0.575. The lowest BCUT2D eigenvalue weighted by Crippen LogP contribution is -2.22. The highest BCUT2D eigenvalue weighted by molar-refractivity contribution is 7.89. The molecule has 0 aliphatic carbocycles. The average Bonchev–Trinajstić information content (AvgIpc) is 2.98. The van der Waals surface area contributed by atoms with Gasteiger partial charge in [0.05, 0.1) is 16.8 Å². The number of rotatable bonds is 7. The number of hydrogen-bond donors (Lipinski definition) is 2. The maximum atomic E-state index is 11.6. The Balaban J connectivity index is 1.98. The van der Waals surface area contributed by atoms with E-state index in [1.807, 2.05) is 24.3 Å². The van der Waals surface area contributed by atoms with Crippen LogP contribution in [0.2, 0.25) is 0 Å². The first-order valence-electron chi connectivity index (χ1n) is 8.41. The van der Waals surface area contributed by atoms with Crippen LogP contribution in [0.4, 0.5) is 5.82 Å². The second kappa shape index (κ2) is 6.97. The van der Waals surface area contributed by atoms with Crippen LogP contribution in [-0.2, 0) is 23.0 Å². The van der Waals surface area contributed by atoms with Crippen molar-refractivity contribution in [3.8, 4) is 0 Å². The lowest BCUT2D eigenvalue weighted by atomic mass is 10.2. The quantitative estimate of drug-likeness (QED) is 0.627. The molecule has 7 nitrogen and oxygen atoms in total. The number of nitrogens with two attached hydrogens (primary N) is 1. The van der Waals surface area contributed by atoms with E-state index in [2.05, 4.69) is 26.2 Å². The molecule has 0 radical (unpaired) electrons. The number of aromatic nitrogens is 3. The number of fused-ring (bicyclic) bond motifs is 3. The normalized spacial score (nSPS) is 12.2. The smallest absolute Gasteiger partial charge is 0.211 e. The van der Waals surface area contributed by atoms with Crippen molar-refractivity contribution in [1.82, 2.24) is 19.3 Å². The second-order valence-electron chi connectivity index (χ2n) is 5.97. The monoisotopic (exact) mass is 361 g/mol. The molecule has 0 bridgehead atoms. The molecule has 2 heterocycles. The molecule has 0 saturated heterocycles. The first kappa shape index (κ1) is 17.6. The SMILES string of the molecule is CCc1nc2c(N)nc3ccccc3c2n1CCCCS(=O)(=O)NC. The number of nitrogens with one attached hydrogen (secondary N) is 1. The zero-order chi connectivity index (χ0) is 18.0. The summed E-state index contributed by atoms with van der Waals surface area (Å²) in [5, 5.41) is 1.02. The standard InChI is InChI=1S/C17H23N5O2S/c1-3-14-21-15-16(12-8-4-5-9-13(12)20-17(15)18)22(14)10-6-7-11-25(23,24)19-2/h4-5,8-9,19H,3,6-7,10-11H2,1-2H3,(H2,18,20). The molecule has 8 heteroatoms. The van der Waals surface area contributed by atoms with E-state index in [0.717, 1.165) is 40.6 Å². The highest BCUT2D eigenvalue weighted by Gasteiger charge is 2.16. The fourth-order valence-corrected chi connectivity index (χ4v) is 3.87. The Bertz CT molecular complexity index is 1010. The van der Waals surface area contributed by atoms with Crippen LogP contribution in [0.3, 0.4) is 0 Å². The number of unbranched alkanes of at least 4 members (excludes halogenated alkanes) is 1. The van der Waals surface area contributed by atoms with Gasteiger partial charge in [-0.05, 0) is 26.0 Å². The van der Waals surface area contributed by atoms with Crippen LogP contribution >= 0.6 is 0 Å². The minimum atomic E-state index is -3.17. The number of benzene rings is 1. The Hall–Kier alpha value is -2.19. The highest BCUT2D eigenvalue weighted by atomic mass is 32.2. The zero-order valence-electron chi connectivity index (χ0n) is 14.5. The molecule has 0 saturated carbocycles. The molecule has 0 amide bonds. The van der Waals surface area contributed by atoms with Gasteiger partial charge in [0.2, 0.25) is 10.0 Å². The first-order chi connectivity index (χ1) is 12.0. The van der Waals surface area contributed by atoms with Crippen molar-refractivity contribution in [3.63, 3.8) is 0 Å². The van der Waals surface area contributed by atoms with E-state index in [9.17, 15) is 8.42 Å². The lowest BCUT2D eigenvalue weighted by Gasteiger charge is -2.10. The van der Waals surface area contributed by atoms with Crippen LogP contribution in [0, 0.1) is 0 Å². The van der Waals surface area contributed by atoms with Gasteiger partial charge in [0.15, 0.2) is 5.82 Å². The van der Waals surface area contributed by atoms with Gasteiger partial charge in [-0.15, -0.1) is 0 Å². The van der Waals surface area contributed by atoms with Crippen molar-refractivity contribution in [2.45, 2.75) is 32.7 Å². The summed E-state index contributed by atoms with van der Waals surface area (Å²) in [6.07, 6.45) is 2.11. The van der Waals surface area contributed by atoms with E-state index in [1.165, 1.54) is 7.05 Å². The van der Waals surface area contributed by atoms with Gasteiger partial charge in [-0.1, -0.05) is 25.1 Å². The Labute approximate surface area is 147 Å². The van der Waals surface area contributed by atoms with Crippen molar-refractivity contribution < 1.29 is 8.42 Å². The minimum absolute atomic E-state index is 0.127. The van der Waals surface area contributed by atoms with Gasteiger partial charge >= 0.3 is 0 Å². The maximum Gasteiger partial charge on any atom is 0.211 e. The van der Waals surface area contributed by atoms with Crippen LogP contribution in [0.1, 0.15) is 25.6 Å². The summed E-state index contributed by atoms with van der Waals surface area (Å²) < 4.78 is 27.6. The van der Waals surface area contributed by atoms with Crippen molar-refractivity contribution >= 4 is 37.8 Å². The Morgan fingerprint density at radius 1 is 1.20 bits per heavy atom. The minimum Gasteiger partial charge on any atom is -0.382 e. The molecule has 25 heavy (non-hydrogen) atoms. The van der Waals surface area contributed by atoms with Crippen molar-refractivity contribution in [1.29, 1.82) is 0 Å². The van der Waals surface area contributed by atoms with E-state index < -0.39 is 10.0 Å². The third-order valence-corrected chi connectivity index (χ3v) is 5.81. The number of hydrogen-bond acceptors (Lipinski definition) is 5. The predicted molar refractivity (Wildman–Crippen MR) is 101 cm³/mol. The van der Waals surface area contributed by atoms with Crippen molar-refractivity contribution in [2.75, 3.05) is 18.5 Å². The number of anilines is 1. The summed E-state index contributed by atoms with van der Waals surface area (Å²) in [5.74, 6) is 1.50. The van der Waals surface area contributed by atoms with Gasteiger partial charge in [0.1, 0.15) is 11.3 Å². The summed E-state index contributed by atoms with van der Waals surface area (Å²) in [4.78, 5) is 9.12. The molecule has 2 aromatic heterocycles. The molecule has 0 aliphatic rings. The van der Waals surface area contributed by atoms with Gasteiger partial charge in [-0.2, -0.15) is 0 Å². The summed E-state index contributed by atoms with van der Waals surface area (Å²) in [6.45, 7) is 2.75. The zero-order valence-corrected chi connectivity index (χ0v) is 15.3. The predicted octanol–water partition coefficient (Wildman–Crippen LogP) is 2.06. The van der Waals surface area contributed by atoms with Gasteiger partial charge < -0.3 is 10.3 Å². The van der Waals surface area contributed by atoms with Crippen molar-refractivity contribution in [3.05, 3.63) is 30.1 Å². The number of nitrogens with zero attached hydrogens (tertiary/aromatic N) is 3. The molecule has 3 rings (SSSR count). The van der Waals surface area contributed by atoms with E-state index in [-0.39, 0.29) is 5.75 Å². The van der Waals surface area contributed by atoms with Gasteiger partial charge in [-0.3, -0.25) is 0 Å². The summed E-state index contributed by atoms with van der Waals surface area (Å²) >= 11 is 0. The maximum absolute atomic E-state index is 11.6. The molecular weight excluding hydrogens is 338 g/mol. The van der Waals surface area contributed by atoms with Crippen LogP contribution in [0.15, 0.2) is 24.3 Å². The fourth-order valence-electron chi connectivity index (χ4n) is 3.08.